The molecule has 0 aliphatic carbocycles. The van der Waals surface area contributed by atoms with Crippen molar-refractivity contribution in [2.24, 2.45) is 11.6 Å². The Kier molecular flexibility index (Phi) is 16.9. The summed E-state index contributed by atoms with van der Waals surface area (Å²) >= 11 is 0. The first-order chi connectivity index (χ1) is 8.58. The van der Waals surface area contributed by atoms with Gasteiger partial charge in [-0.25, -0.2) is 0 Å². The average Bonchev–Trinajstić information content (AvgIpc) is 2.35. The zero-order chi connectivity index (χ0) is 14.2. The summed E-state index contributed by atoms with van der Waals surface area (Å²) in [6, 6.07) is 0. The molecule has 0 saturated carbocycles. The lowest BCUT2D eigenvalue weighted by atomic mass is 10.2. The van der Waals surface area contributed by atoms with Gasteiger partial charge in [0.1, 0.15) is 0 Å². The van der Waals surface area contributed by atoms with Crippen molar-refractivity contribution >= 4 is 11.9 Å². The van der Waals surface area contributed by atoms with Gasteiger partial charge in [-0.05, 0) is 25.8 Å². The normalized spacial score (nSPS) is 9.28. The second kappa shape index (κ2) is 15.9. The van der Waals surface area contributed by atoms with Gasteiger partial charge in [-0.2, -0.15) is 5.90 Å². The monoisotopic (exact) mass is 262 g/mol. The van der Waals surface area contributed by atoms with E-state index >= 15 is 0 Å². The molecule has 0 aromatic heterocycles. The molecule has 0 fully saturated rings. The highest BCUT2D eigenvalue weighted by Gasteiger charge is 1.97. The smallest absolute Gasteiger partial charge is 0.324 e. The number of carbonyl (C=O) groups is 2. The van der Waals surface area contributed by atoms with E-state index in [1.165, 1.54) is 0 Å². The highest BCUT2D eigenvalue weighted by molar-refractivity contribution is 5.68. The fourth-order valence-corrected chi connectivity index (χ4v) is 1.18. The summed E-state index contributed by atoms with van der Waals surface area (Å²) in [5.41, 5.74) is 5.20. The standard InChI is InChI=1S/2C6H13NO2/c1-2-3-4-5-6(8)9-7;7-5-3-1-2-4-6(8)9/h2-5,7H2,1H3;1-5,7H2,(H,8,9). The Bertz CT molecular complexity index is 210. The van der Waals surface area contributed by atoms with Gasteiger partial charge >= 0.3 is 11.9 Å². The van der Waals surface area contributed by atoms with Gasteiger partial charge in [0.05, 0.1) is 0 Å². The predicted molar refractivity (Wildman–Crippen MR) is 69.6 cm³/mol. The first kappa shape index (κ1) is 19.2. The number of hydrogen-bond acceptors (Lipinski definition) is 5. The van der Waals surface area contributed by atoms with Crippen LogP contribution >= 0.6 is 0 Å². The van der Waals surface area contributed by atoms with Crippen LogP contribution in [-0.4, -0.2) is 23.6 Å². The van der Waals surface area contributed by atoms with Crippen molar-refractivity contribution in [3.63, 3.8) is 0 Å². The van der Waals surface area contributed by atoms with Crippen LogP contribution in [0.3, 0.4) is 0 Å². The molecule has 0 aromatic rings. The number of rotatable bonds is 9. The molecule has 108 valence electrons. The quantitative estimate of drug-likeness (QED) is 0.429. The minimum Gasteiger partial charge on any atom is -0.481 e. The van der Waals surface area contributed by atoms with E-state index in [0.717, 1.165) is 38.5 Å². The van der Waals surface area contributed by atoms with Crippen molar-refractivity contribution in [3.8, 4) is 0 Å². The van der Waals surface area contributed by atoms with Gasteiger partial charge < -0.3 is 15.7 Å². The van der Waals surface area contributed by atoms with E-state index in [0.29, 0.717) is 13.0 Å². The number of aliphatic carboxylic acids is 1. The van der Waals surface area contributed by atoms with Gasteiger partial charge in [-0.3, -0.25) is 9.59 Å². The Hall–Kier alpha value is -1.14. The molecule has 6 heteroatoms. The summed E-state index contributed by atoms with van der Waals surface area (Å²) in [6.07, 6.45) is 6.41. The Labute approximate surface area is 109 Å². The van der Waals surface area contributed by atoms with E-state index in [2.05, 4.69) is 17.7 Å². The summed E-state index contributed by atoms with van der Waals surface area (Å²) < 4.78 is 0. The number of unbranched alkanes of at least 4 members (excludes halogenated alkanes) is 4. The third-order valence-corrected chi connectivity index (χ3v) is 2.21. The molecule has 0 rings (SSSR count). The maximum absolute atomic E-state index is 10.3. The fraction of sp³-hybridized carbons (Fsp3) is 0.833. The Morgan fingerprint density at radius 3 is 2.11 bits per heavy atom. The zero-order valence-electron chi connectivity index (χ0n) is 11.2. The fourth-order valence-electron chi connectivity index (χ4n) is 1.18. The predicted octanol–water partition coefficient (Wildman–Crippen LogP) is 1.57. The summed E-state index contributed by atoms with van der Waals surface area (Å²) in [5.74, 6) is 3.57. The maximum atomic E-state index is 10.3. The van der Waals surface area contributed by atoms with Crippen molar-refractivity contribution in [2.75, 3.05) is 6.54 Å². The van der Waals surface area contributed by atoms with Crippen LogP contribution in [0.4, 0.5) is 0 Å². The number of carboxylic acids is 1. The lowest BCUT2D eigenvalue weighted by Gasteiger charge is -1.94. The largest absolute Gasteiger partial charge is 0.481 e. The molecule has 0 amide bonds. The van der Waals surface area contributed by atoms with E-state index in [-0.39, 0.29) is 12.4 Å². The van der Waals surface area contributed by atoms with E-state index < -0.39 is 5.97 Å². The van der Waals surface area contributed by atoms with Gasteiger partial charge in [0.2, 0.25) is 0 Å². The van der Waals surface area contributed by atoms with Crippen LogP contribution in [0.2, 0.25) is 0 Å². The van der Waals surface area contributed by atoms with E-state index in [1.807, 2.05) is 0 Å². The highest BCUT2D eigenvalue weighted by Crippen LogP contribution is 1.98. The van der Waals surface area contributed by atoms with Crippen molar-refractivity contribution in [2.45, 2.75) is 58.3 Å². The summed E-state index contributed by atoms with van der Waals surface area (Å²) in [4.78, 5) is 24.2. The molecule has 0 aliphatic rings. The van der Waals surface area contributed by atoms with Crippen molar-refractivity contribution in [1.29, 1.82) is 0 Å². The average molecular weight is 262 g/mol. The van der Waals surface area contributed by atoms with Crippen LogP contribution in [0.25, 0.3) is 0 Å². The minimum absolute atomic E-state index is 0.278. The first-order valence-corrected chi connectivity index (χ1v) is 6.39. The zero-order valence-corrected chi connectivity index (χ0v) is 11.2. The second-order valence-electron chi connectivity index (χ2n) is 3.94. The molecule has 18 heavy (non-hydrogen) atoms. The molecular formula is C12H26N2O4. The van der Waals surface area contributed by atoms with Crippen molar-refractivity contribution in [3.05, 3.63) is 0 Å². The molecule has 0 radical (unpaired) electrons. The highest BCUT2D eigenvalue weighted by atomic mass is 16.7. The SMILES string of the molecule is CCCCCC(=O)ON.NCCCCCC(=O)O. The molecule has 0 aromatic carbocycles. The topological polar surface area (TPSA) is 116 Å². The summed E-state index contributed by atoms with van der Waals surface area (Å²) in [7, 11) is 0. The molecule has 0 unspecified atom stereocenters. The van der Waals surface area contributed by atoms with E-state index in [4.69, 9.17) is 10.8 Å². The number of nitrogens with two attached hydrogens (primary N) is 2. The molecule has 5 N–H and O–H groups in total. The Morgan fingerprint density at radius 2 is 1.67 bits per heavy atom. The molecule has 0 atom stereocenters. The molecule has 6 nitrogen and oxygen atoms in total. The van der Waals surface area contributed by atoms with Gasteiger partial charge in [0.15, 0.2) is 0 Å². The third kappa shape index (κ3) is 20.3. The van der Waals surface area contributed by atoms with Crippen LogP contribution in [0.15, 0.2) is 0 Å². The maximum Gasteiger partial charge on any atom is 0.324 e. The van der Waals surface area contributed by atoms with Crippen LogP contribution < -0.4 is 11.6 Å². The number of carbonyl (C=O) groups excluding carboxylic acids is 1. The lowest BCUT2D eigenvalue weighted by molar-refractivity contribution is -0.144. The van der Waals surface area contributed by atoms with Gasteiger partial charge in [-0.1, -0.05) is 26.2 Å². The molecule has 0 aliphatic heterocycles. The molecule has 0 spiro atoms. The van der Waals surface area contributed by atoms with Gasteiger partial charge in [0.25, 0.3) is 0 Å². The second-order valence-corrected chi connectivity index (χ2v) is 3.94. The van der Waals surface area contributed by atoms with E-state index in [1.54, 1.807) is 0 Å². The first-order valence-electron chi connectivity index (χ1n) is 6.39. The van der Waals surface area contributed by atoms with Crippen LogP contribution in [0, 0.1) is 0 Å². The van der Waals surface area contributed by atoms with Gasteiger partial charge in [0, 0.05) is 12.8 Å². The van der Waals surface area contributed by atoms with Crippen molar-refractivity contribution < 1.29 is 19.5 Å². The summed E-state index contributed by atoms with van der Waals surface area (Å²) in [6.45, 7) is 2.74. The van der Waals surface area contributed by atoms with Crippen LogP contribution in [0.1, 0.15) is 58.3 Å². The summed E-state index contributed by atoms with van der Waals surface area (Å²) in [5, 5.41) is 8.18. The third-order valence-electron chi connectivity index (χ3n) is 2.21. The number of hydrogen-bond donors (Lipinski definition) is 3. The Balaban J connectivity index is 0. The molecular weight excluding hydrogens is 236 g/mol. The number of carboxylic acid groups (broad SMARTS) is 1. The van der Waals surface area contributed by atoms with Crippen molar-refractivity contribution in [1.82, 2.24) is 0 Å². The van der Waals surface area contributed by atoms with Crippen LogP contribution in [0.5, 0.6) is 0 Å². The molecule has 0 saturated heterocycles. The van der Waals surface area contributed by atoms with Crippen LogP contribution in [-0.2, 0) is 14.4 Å². The molecule has 0 bridgehead atoms. The molecule has 0 heterocycles. The lowest BCUT2D eigenvalue weighted by Crippen LogP contribution is -2.08. The van der Waals surface area contributed by atoms with Gasteiger partial charge in [-0.15, -0.1) is 0 Å². The van der Waals surface area contributed by atoms with E-state index in [9.17, 15) is 9.59 Å². The minimum atomic E-state index is -0.716. The Morgan fingerprint density at radius 1 is 1.06 bits per heavy atom.